The quantitative estimate of drug-likeness (QED) is 0.690. The van der Waals surface area contributed by atoms with Gasteiger partial charge in [-0.25, -0.2) is 0 Å². The molecule has 1 aromatic rings. The molecule has 72 valence electrons. The Morgan fingerprint density at radius 3 is 2.54 bits per heavy atom. The molecule has 0 aliphatic rings. The molecule has 3 nitrogen and oxygen atoms in total. The summed E-state index contributed by atoms with van der Waals surface area (Å²) in [6, 6.07) is 3.77. The van der Waals surface area contributed by atoms with E-state index in [2.05, 4.69) is 0 Å². The SMILES string of the molecule is Cc1cc(N)c(OCCO)cc1C. The highest BCUT2D eigenvalue weighted by Crippen LogP contribution is 2.24. The van der Waals surface area contributed by atoms with Crippen molar-refractivity contribution in [3.63, 3.8) is 0 Å². The maximum absolute atomic E-state index is 8.58. The van der Waals surface area contributed by atoms with E-state index in [0.717, 1.165) is 11.1 Å². The van der Waals surface area contributed by atoms with Gasteiger partial charge in [-0.15, -0.1) is 0 Å². The molecule has 0 unspecified atom stereocenters. The van der Waals surface area contributed by atoms with Gasteiger partial charge in [0, 0.05) is 0 Å². The number of benzene rings is 1. The summed E-state index contributed by atoms with van der Waals surface area (Å²) >= 11 is 0. The lowest BCUT2D eigenvalue weighted by Crippen LogP contribution is -2.04. The monoisotopic (exact) mass is 181 g/mol. The second kappa shape index (κ2) is 4.14. The van der Waals surface area contributed by atoms with Gasteiger partial charge < -0.3 is 15.6 Å². The number of anilines is 1. The van der Waals surface area contributed by atoms with Gasteiger partial charge in [0.2, 0.25) is 0 Å². The summed E-state index contributed by atoms with van der Waals surface area (Å²) in [7, 11) is 0. The molecule has 0 saturated carbocycles. The summed E-state index contributed by atoms with van der Waals surface area (Å²) in [5.41, 5.74) is 8.63. The Hall–Kier alpha value is -1.22. The average Bonchev–Trinajstić information content (AvgIpc) is 2.09. The van der Waals surface area contributed by atoms with Crippen molar-refractivity contribution in [3.8, 4) is 5.75 Å². The molecule has 3 heteroatoms. The maximum Gasteiger partial charge on any atom is 0.142 e. The van der Waals surface area contributed by atoms with Crippen LogP contribution < -0.4 is 10.5 Å². The first-order valence-corrected chi connectivity index (χ1v) is 4.25. The second-order valence-corrected chi connectivity index (χ2v) is 3.05. The van der Waals surface area contributed by atoms with Crippen LogP contribution >= 0.6 is 0 Å². The summed E-state index contributed by atoms with van der Waals surface area (Å²) in [4.78, 5) is 0. The van der Waals surface area contributed by atoms with Gasteiger partial charge in [-0.05, 0) is 37.1 Å². The summed E-state index contributed by atoms with van der Waals surface area (Å²) in [5, 5.41) is 8.58. The molecule has 0 amide bonds. The van der Waals surface area contributed by atoms with Crippen molar-refractivity contribution in [1.82, 2.24) is 0 Å². The highest BCUT2D eigenvalue weighted by atomic mass is 16.5. The summed E-state index contributed by atoms with van der Waals surface area (Å²) in [6.07, 6.45) is 0. The molecule has 0 atom stereocenters. The van der Waals surface area contributed by atoms with Crippen LogP contribution in [0.2, 0.25) is 0 Å². The normalized spacial score (nSPS) is 10.1. The molecule has 0 bridgehead atoms. The molecule has 0 aliphatic heterocycles. The Kier molecular flexibility index (Phi) is 3.14. The fraction of sp³-hybridized carbons (Fsp3) is 0.400. The number of nitrogen functional groups attached to an aromatic ring is 1. The van der Waals surface area contributed by atoms with Crippen LogP contribution in [0, 0.1) is 13.8 Å². The third-order valence-corrected chi connectivity index (χ3v) is 1.97. The Bertz CT molecular complexity index is 297. The lowest BCUT2D eigenvalue weighted by molar-refractivity contribution is 0.202. The van der Waals surface area contributed by atoms with Crippen LogP contribution in [0.4, 0.5) is 5.69 Å². The number of aliphatic hydroxyl groups is 1. The number of hydrogen-bond donors (Lipinski definition) is 2. The van der Waals surface area contributed by atoms with Crippen molar-refractivity contribution in [2.75, 3.05) is 18.9 Å². The van der Waals surface area contributed by atoms with Crippen molar-refractivity contribution in [2.24, 2.45) is 0 Å². The van der Waals surface area contributed by atoms with Crippen LogP contribution in [0.5, 0.6) is 5.75 Å². The molecular weight excluding hydrogens is 166 g/mol. The van der Waals surface area contributed by atoms with E-state index in [9.17, 15) is 0 Å². The Morgan fingerprint density at radius 2 is 1.92 bits per heavy atom. The first-order chi connectivity index (χ1) is 6.15. The molecule has 1 rings (SSSR count). The molecular formula is C10H15NO2. The van der Waals surface area contributed by atoms with Crippen molar-refractivity contribution in [3.05, 3.63) is 23.3 Å². The van der Waals surface area contributed by atoms with E-state index in [0.29, 0.717) is 11.4 Å². The minimum atomic E-state index is 0.00631. The number of ether oxygens (including phenoxy) is 1. The third-order valence-electron chi connectivity index (χ3n) is 1.97. The second-order valence-electron chi connectivity index (χ2n) is 3.05. The number of rotatable bonds is 3. The van der Waals surface area contributed by atoms with Gasteiger partial charge in [-0.3, -0.25) is 0 Å². The number of nitrogens with two attached hydrogens (primary N) is 1. The van der Waals surface area contributed by atoms with Gasteiger partial charge in [0.25, 0.3) is 0 Å². The molecule has 13 heavy (non-hydrogen) atoms. The standard InChI is InChI=1S/C10H15NO2/c1-7-5-9(11)10(6-8(7)2)13-4-3-12/h5-6,12H,3-4,11H2,1-2H3. The van der Waals surface area contributed by atoms with E-state index >= 15 is 0 Å². The Labute approximate surface area is 78.1 Å². The zero-order valence-corrected chi connectivity index (χ0v) is 8.00. The van der Waals surface area contributed by atoms with Crippen molar-refractivity contribution < 1.29 is 9.84 Å². The van der Waals surface area contributed by atoms with E-state index in [1.807, 2.05) is 26.0 Å². The van der Waals surface area contributed by atoms with E-state index in [4.69, 9.17) is 15.6 Å². The lowest BCUT2D eigenvalue weighted by Gasteiger charge is -2.10. The molecule has 0 aromatic heterocycles. The van der Waals surface area contributed by atoms with Gasteiger partial charge in [0.15, 0.2) is 0 Å². The number of aryl methyl sites for hydroxylation is 2. The Balaban J connectivity index is 2.88. The van der Waals surface area contributed by atoms with Crippen LogP contribution in [-0.2, 0) is 0 Å². The summed E-state index contributed by atoms with van der Waals surface area (Å²) in [5.74, 6) is 0.650. The predicted molar refractivity (Wildman–Crippen MR) is 52.9 cm³/mol. The minimum absolute atomic E-state index is 0.00631. The molecule has 0 spiro atoms. The summed E-state index contributed by atoms with van der Waals surface area (Å²) < 4.78 is 5.25. The third kappa shape index (κ3) is 2.36. The Morgan fingerprint density at radius 1 is 1.31 bits per heavy atom. The van der Waals surface area contributed by atoms with Crippen molar-refractivity contribution in [2.45, 2.75) is 13.8 Å². The fourth-order valence-corrected chi connectivity index (χ4v) is 1.09. The van der Waals surface area contributed by atoms with E-state index in [-0.39, 0.29) is 13.2 Å². The zero-order valence-electron chi connectivity index (χ0n) is 8.00. The van der Waals surface area contributed by atoms with E-state index in [1.165, 1.54) is 0 Å². The van der Waals surface area contributed by atoms with Crippen LogP contribution in [0.15, 0.2) is 12.1 Å². The maximum atomic E-state index is 8.58. The number of hydrogen-bond acceptors (Lipinski definition) is 3. The highest BCUT2D eigenvalue weighted by molar-refractivity contribution is 5.56. The molecule has 0 radical (unpaired) electrons. The molecule has 0 fully saturated rings. The zero-order chi connectivity index (χ0) is 9.84. The minimum Gasteiger partial charge on any atom is -0.489 e. The topological polar surface area (TPSA) is 55.5 Å². The first-order valence-electron chi connectivity index (χ1n) is 4.25. The fourth-order valence-electron chi connectivity index (χ4n) is 1.09. The smallest absolute Gasteiger partial charge is 0.142 e. The van der Waals surface area contributed by atoms with Crippen molar-refractivity contribution in [1.29, 1.82) is 0 Å². The molecule has 3 N–H and O–H groups in total. The lowest BCUT2D eigenvalue weighted by atomic mass is 10.1. The van der Waals surface area contributed by atoms with Gasteiger partial charge in [-0.2, -0.15) is 0 Å². The van der Waals surface area contributed by atoms with Crippen LogP contribution in [-0.4, -0.2) is 18.3 Å². The van der Waals surface area contributed by atoms with Gasteiger partial charge in [-0.1, -0.05) is 0 Å². The average molecular weight is 181 g/mol. The van der Waals surface area contributed by atoms with E-state index in [1.54, 1.807) is 0 Å². The van der Waals surface area contributed by atoms with Gasteiger partial charge in [0.05, 0.1) is 12.3 Å². The summed E-state index contributed by atoms with van der Waals surface area (Å²) in [6.45, 7) is 4.29. The molecule has 0 saturated heterocycles. The van der Waals surface area contributed by atoms with Crippen LogP contribution in [0.3, 0.4) is 0 Å². The van der Waals surface area contributed by atoms with Gasteiger partial charge in [0.1, 0.15) is 12.4 Å². The van der Waals surface area contributed by atoms with Crippen LogP contribution in [0.1, 0.15) is 11.1 Å². The van der Waals surface area contributed by atoms with Crippen molar-refractivity contribution >= 4 is 5.69 Å². The molecule has 0 aliphatic carbocycles. The first kappa shape index (κ1) is 9.86. The number of aliphatic hydroxyl groups excluding tert-OH is 1. The predicted octanol–water partition coefficient (Wildman–Crippen LogP) is 1.26. The molecule has 0 heterocycles. The highest BCUT2D eigenvalue weighted by Gasteiger charge is 2.02. The van der Waals surface area contributed by atoms with Gasteiger partial charge >= 0.3 is 0 Å². The van der Waals surface area contributed by atoms with Crippen LogP contribution in [0.25, 0.3) is 0 Å². The molecule has 1 aromatic carbocycles. The van der Waals surface area contributed by atoms with E-state index < -0.39 is 0 Å². The largest absolute Gasteiger partial charge is 0.489 e.